The lowest BCUT2D eigenvalue weighted by atomic mass is 10.1. The molecule has 2 heterocycles. The fourth-order valence-corrected chi connectivity index (χ4v) is 2.64. The van der Waals surface area contributed by atoms with E-state index in [9.17, 15) is 4.79 Å². The van der Waals surface area contributed by atoms with Gasteiger partial charge in [0.25, 0.3) is 0 Å². The fourth-order valence-electron chi connectivity index (χ4n) is 2.41. The number of carbonyl (C=O) groups excluding carboxylic acids is 1. The molecule has 1 aromatic carbocycles. The molecule has 0 unspecified atom stereocenters. The van der Waals surface area contributed by atoms with E-state index in [4.69, 9.17) is 0 Å². The van der Waals surface area contributed by atoms with Gasteiger partial charge in [-0.2, -0.15) is 0 Å². The minimum atomic E-state index is -0.238. The van der Waals surface area contributed by atoms with Gasteiger partial charge in [-0.25, -0.2) is 0 Å². The van der Waals surface area contributed by atoms with Crippen molar-refractivity contribution in [2.75, 3.05) is 0 Å². The molecule has 19 heavy (non-hydrogen) atoms. The van der Waals surface area contributed by atoms with E-state index in [0.29, 0.717) is 5.56 Å². The van der Waals surface area contributed by atoms with Crippen molar-refractivity contribution in [3.63, 3.8) is 0 Å². The van der Waals surface area contributed by atoms with Crippen LogP contribution in [0.4, 0.5) is 0 Å². The monoisotopic (exact) mass is 268 g/mol. The highest BCUT2D eigenvalue weighted by atomic mass is 32.1. The van der Waals surface area contributed by atoms with Gasteiger partial charge in [-0.05, 0) is 18.2 Å². The molecule has 0 atom stereocenters. The Bertz CT molecular complexity index is 762. The number of carbonyl (C=O) groups is 1. The van der Waals surface area contributed by atoms with Gasteiger partial charge in [-0.1, -0.05) is 24.3 Å². The molecular weight excluding hydrogens is 256 g/mol. The summed E-state index contributed by atoms with van der Waals surface area (Å²) in [4.78, 5) is 16.2. The predicted molar refractivity (Wildman–Crippen MR) is 79.5 cm³/mol. The number of nitrogens with zero attached hydrogens (tertiary/aromatic N) is 2. The maximum atomic E-state index is 11.9. The van der Waals surface area contributed by atoms with Crippen molar-refractivity contribution >= 4 is 28.6 Å². The van der Waals surface area contributed by atoms with Gasteiger partial charge in [-0.15, -0.1) is 12.6 Å². The number of aryl methyl sites for hydroxylation is 1. The molecule has 3 nitrogen and oxygen atoms in total. The summed E-state index contributed by atoms with van der Waals surface area (Å²) >= 11 is 4.02. The maximum absolute atomic E-state index is 11.9. The number of hydrogen-bond acceptors (Lipinski definition) is 2. The Morgan fingerprint density at radius 1 is 1.16 bits per heavy atom. The van der Waals surface area contributed by atoms with Gasteiger partial charge < -0.3 is 4.57 Å². The lowest BCUT2D eigenvalue weighted by Crippen LogP contribution is -1.98. The van der Waals surface area contributed by atoms with E-state index in [1.165, 1.54) is 0 Å². The third kappa shape index (κ3) is 1.85. The van der Waals surface area contributed by atoms with Crippen molar-refractivity contribution in [3.05, 3.63) is 54.2 Å². The van der Waals surface area contributed by atoms with Crippen LogP contribution in [-0.2, 0) is 7.05 Å². The summed E-state index contributed by atoms with van der Waals surface area (Å²) in [7, 11) is 1.94. The summed E-state index contributed by atoms with van der Waals surface area (Å²) in [5.74, 6) is 0. The van der Waals surface area contributed by atoms with Crippen LogP contribution in [0.1, 0.15) is 10.4 Å². The fraction of sp³-hybridized carbons (Fsp3) is 0.0667. The Hall–Kier alpha value is -2.07. The molecule has 0 spiro atoms. The van der Waals surface area contributed by atoms with Gasteiger partial charge in [0.05, 0.1) is 17.0 Å². The molecule has 3 rings (SSSR count). The molecule has 0 fully saturated rings. The Kier molecular flexibility index (Phi) is 2.87. The molecular formula is C15H12N2OS. The second kappa shape index (κ2) is 4.55. The zero-order valence-electron chi connectivity index (χ0n) is 10.4. The van der Waals surface area contributed by atoms with E-state index in [0.717, 1.165) is 22.3 Å². The van der Waals surface area contributed by atoms with E-state index in [-0.39, 0.29) is 5.12 Å². The van der Waals surface area contributed by atoms with E-state index in [1.54, 1.807) is 6.20 Å². The van der Waals surface area contributed by atoms with E-state index in [2.05, 4.69) is 17.6 Å². The molecule has 0 aliphatic heterocycles. The molecule has 3 aromatic rings. The summed E-state index contributed by atoms with van der Waals surface area (Å²) in [6, 6.07) is 13.5. The first kappa shape index (κ1) is 12.0. The molecule has 0 bridgehead atoms. The molecule has 2 aromatic heterocycles. The van der Waals surface area contributed by atoms with Crippen molar-refractivity contribution < 1.29 is 4.79 Å². The predicted octanol–water partition coefficient (Wildman–Crippen LogP) is 3.31. The summed E-state index contributed by atoms with van der Waals surface area (Å²) < 4.78 is 1.99. The molecule has 0 aliphatic rings. The highest BCUT2D eigenvalue weighted by Gasteiger charge is 2.20. The Morgan fingerprint density at radius 3 is 2.58 bits per heavy atom. The number of thiol groups is 1. The number of fused-ring (bicyclic) bond motifs is 1. The third-order valence-electron chi connectivity index (χ3n) is 3.23. The summed E-state index contributed by atoms with van der Waals surface area (Å²) in [5, 5.41) is 0.670. The topological polar surface area (TPSA) is 34.9 Å². The lowest BCUT2D eigenvalue weighted by Gasteiger charge is -2.05. The van der Waals surface area contributed by atoms with Gasteiger partial charge in [0.2, 0.25) is 5.12 Å². The van der Waals surface area contributed by atoms with E-state index < -0.39 is 0 Å². The van der Waals surface area contributed by atoms with Crippen LogP contribution >= 0.6 is 12.6 Å². The highest BCUT2D eigenvalue weighted by Crippen LogP contribution is 2.32. The number of rotatable bonds is 2. The second-order valence-corrected chi connectivity index (χ2v) is 4.73. The molecule has 0 radical (unpaired) electrons. The lowest BCUT2D eigenvalue weighted by molar-refractivity contribution is 0.109. The van der Waals surface area contributed by atoms with Crippen molar-refractivity contribution in [3.8, 4) is 11.4 Å². The van der Waals surface area contributed by atoms with E-state index in [1.807, 2.05) is 54.1 Å². The number of benzene rings is 1. The van der Waals surface area contributed by atoms with Crippen LogP contribution < -0.4 is 0 Å². The quantitative estimate of drug-likeness (QED) is 0.724. The van der Waals surface area contributed by atoms with Crippen molar-refractivity contribution in [2.45, 2.75) is 0 Å². The summed E-state index contributed by atoms with van der Waals surface area (Å²) in [5.41, 5.74) is 3.20. The first-order valence-electron chi connectivity index (χ1n) is 5.92. The van der Waals surface area contributed by atoms with Crippen molar-refractivity contribution in [2.24, 2.45) is 7.05 Å². The Balaban J connectivity index is 2.44. The number of para-hydroxylation sites is 1. The van der Waals surface area contributed by atoms with Crippen LogP contribution in [0, 0.1) is 0 Å². The second-order valence-electron chi connectivity index (χ2n) is 4.32. The van der Waals surface area contributed by atoms with Crippen molar-refractivity contribution in [1.29, 1.82) is 0 Å². The first-order valence-corrected chi connectivity index (χ1v) is 6.37. The van der Waals surface area contributed by atoms with Crippen LogP contribution in [0.15, 0.2) is 48.7 Å². The molecule has 0 saturated carbocycles. The van der Waals surface area contributed by atoms with Crippen LogP contribution in [-0.4, -0.2) is 14.7 Å². The largest absolute Gasteiger partial charge is 0.342 e. The molecule has 0 N–H and O–H groups in total. The van der Waals surface area contributed by atoms with Crippen LogP contribution in [0.25, 0.3) is 22.3 Å². The van der Waals surface area contributed by atoms with Gasteiger partial charge in [0, 0.05) is 24.1 Å². The molecule has 0 amide bonds. The van der Waals surface area contributed by atoms with Gasteiger partial charge in [0.15, 0.2) is 0 Å². The van der Waals surface area contributed by atoms with Crippen LogP contribution in [0.2, 0.25) is 0 Å². The Morgan fingerprint density at radius 2 is 1.89 bits per heavy atom. The molecule has 94 valence electrons. The minimum Gasteiger partial charge on any atom is -0.342 e. The first-order chi connectivity index (χ1) is 9.20. The third-order valence-corrected chi connectivity index (χ3v) is 3.45. The number of pyridine rings is 1. The van der Waals surface area contributed by atoms with E-state index >= 15 is 0 Å². The standard InChI is InChI=1S/C15H12N2OS/c1-17-12-8-3-2-6-10(12)13(15(18)19)14(17)11-7-4-5-9-16-11/h2-9H,1H3,(H,18,19). The molecule has 0 saturated heterocycles. The Labute approximate surface area is 116 Å². The average molecular weight is 268 g/mol. The summed E-state index contributed by atoms with van der Waals surface area (Å²) in [6.45, 7) is 0. The SMILES string of the molecule is Cn1c(-c2ccccn2)c(C(=O)S)c2ccccc21. The van der Waals surface area contributed by atoms with Crippen LogP contribution in [0.3, 0.4) is 0 Å². The normalized spacial score (nSPS) is 10.8. The van der Waals surface area contributed by atoms with Gasteiger partial charge in [0.1, 0.15) is 0 Å². The number of hydrogen-bond donors (Lipinski definition) is 1. The minimum absolute atomic E-state index is 0.238. The molecule has 4 heteroatoms. The van der Waals surface area contributed by atoms with Crippen LogP contribution in [0.5, 0.6) is 0 Å². The van der Waals surface area contributed by atoms with Gasteiger partial charge in [-0.3, -0.25) is 9.78 Å². The van der Waals surface area contributed by atoms with Gasteiger partial charge >= 0.3 is 0 Å². The zero-order chi connectivity index (χ0) is 13.4. The maximum Gasteiger partial charge on any atom is 0.219 e. The highest BCUT2D eigenvalue weighted by molar-refractivity contribution is 7.97. The van der Waals surface area contributed by atoms with Crippen molar-refractivity contribution in [1.82, 2.24) is 9.55 Å². The number of aromatic nitrogens is 2. The molecule has 0 aliphatic carbocycles. The average Bonchev–Trinajstić information content (AvgIpc) is 2.74. The smallest absolute Gasteiger partial charge is 0.219 e. The summed E-state index contributed by atoms with van der Waals surface area (Å²) in [6.07, 6.45) is 1.72. The zero-order valence-corrected chi connectivity index (χ0v) is 11.3.